The molecule has 2 rings (SSSR count). The predicted molar refractivity (Wildman–Crippen MR) is 67.5 cm³/mol. The fraction of sp³-hybridized carbons (Fsp3) is 0.111. The third-order valence-electron chi connectivity index (χ3n) is 1.95. The third-order valence-corrected chi connectivity index (χ3v) is 3.55. The second-order valence-corrected chi connectivity index (χ2v) is 4.93. The molecule has 0 atom stereocenters. The molecular weight excluding hydrogens is 359 g/mol. The number of H-pyrrole nitrogens is 1. The number of halogens is 2. The fourth-order valence-electron chi connectivity index (χ4n) is 1.19. The zero-order valence-corrected chi connectivity index (χ0v) is 11.0. The molecule has 2 heterocycles. The van der Waals surface area contributed by atoms with E-state index in [-0.39, 0.29) is 5.43 Å². The highest BCUT2D eigenvalue weighted by Crippen LogP contribution is 2.17. The molecule has 0 aromatic carbocycles. The molecule has 0 spiro atoms. The van der Waals surface area contributed by atoms with E-state index in [9.17, 15) is 4.79 Å². The summed E-state index contributed by atoms with van der Waals surface area (Å²) >= 11 is 5.36. The standard InChI is InChI=1S/C9H6BrIN2O/c1-4-6(10)2-5-8(14)7(11)3-12-9(5)13-4/h2-3H,1H3,(H,12,13,14). The molecule has 72 valence electrons. The minimum Gasteiger partial charge on any atom is -0.345 e. The first-order chi connectivity index (χ1) is 6.59. The molecular formula is C9H6BrIN2O. The number of rotatable bonds is 0. The molecule has 1 N–H and O–H groups in total. The minimum atomic E-state index is 0.0209. The van der Waals surface area contributed by atoms with Crippen molar-refractivity contribution in [3.05, 3.63) is 36.2 Å². The highest BCUT2D eigenvalue weighted by molar-refractivity contribution is 14.1. The predicted octanol–water partition coefficient (Wildman–Crippen LogP) is 2.60. The normalized spacial score (nSPS) is 10.8. The summed E-state index contributed by atoms with van der Waals surface area (Å²) in [4.78, 5) is 19.0. The average Bonchev–Trinajstić information content (AvgIpc) is 2.15. The van der Waals surface area contributed by atoms with Crippen LogP contribution in [-0.4, -0.2) is 9.97 Å². The van der Waals surface area contributed by atoms with Crippen LogP contribution >= 0.6 is 38.5 Å². The molecule has 0 saturated heterocycles. The molecule has 2 aromatic rings. The van der Waals surface area contributed by atoms with Crippen molar-refractivity contribution in [3.8, 4) is 0 Å². The van der Waals surface area contributed by atoms with Gasteiger partial charge in [0.25, 0.3) is 0 Å². The van der Waals surface area contributed by atoms with Crippen LogP contribution in [0.4, 0.5) is 0 Å². The van der Waals surface area contributed by atoms with Crippen LogP contribution in [0.5, 0.6) is 0 Å². The van der Waals surface area contributed by atoms with Gasteiger partial charge in [-0.3, -0.25) is 4.79 Å². The first-order valence-electron chi connectivity index (χ1n) is 3.93. The van der Waals surface area contributed by atoms with Crippen molar-refractivity contribution in [3.63, 3.8) is 0 Å². The monoisotopic (exact) mass is 364 g/mol. The van der Waals surface area contributed by atoms with E-state index in [0.29, 0.717) is 14.6 Å². The van der Waals surface area contributed by atoms with Crippen LogP contribution in [0.15, 0.2) is 21.5 Å². The Balaban J connectivity index is 2.97. The van der Waals surface area contributed by atoms with E-state index in [1.807, 2.05) is 29.5 Å². The second kappa shape index (κ2) is 3.62. The van der Waals surface area contributed by atoms with Crippen LogP contribution in [0.25, 0.3) is 11.0 Å². The van der Waals surface area contributed by atoms with Crippen molar-refractivity contribution in [2.45, 2.75) is 6.92 Å². The average molecular weight is 365 g/mol. The summed E-state index contributed by atoms with van der Waals surface area (Å²) in [5, 5.41) is 0.620. The zero-order chi connectivity index (χ0) is 10.3. The number of aryl methyl sites for hydroxylation is 1. The van der Waals surface area contributed by atoms with Gasteiger partial charge in [0.2, 0.25) is 5.43 Å². The first kappa shape index (κ1) is 10.1. The van der Waals surface area contributed by atoms with E-state index < -0.39 is 0 Å². The minimum absolute atomic E-state index is 0.0209. The highest BCUT2D eigenvalue weighted by atomic mass is 127. The van der Waals surface area contributed by atoms with E-state index in [0.717, 1.165) is 10.2 Å². The number of hydrogen-bond acceptors (Lipinski definition) is 2. The molecule has 0 amide bonds. The van der Waals surface area contributed by atoms with Gasteiger partial charge in [-0.1, -0.05) is 0 Å². The van der Waals surface area contributed by atoms with Gasteiger partial charge in [-0.15, -0.1) is 0 Å². The third kappa shape index (κ3) is 1.58. The number of hydrogen-bond donors (Lipinski definition) is 1. The highest BCUT2D eigenvalue weighted by Gasteiger charge is 2.06. The van der Waals surface area contributed by atoms with E-state index in [4.69, 9.17) is 0 Å². The lowest BCUT2D eigenvalue weighted by molar-refractivity contribution is 1.18. The Labute approximate surface area is 102 Å². The molecule has 5 heteroatoms. The van der Waals surface area contributed by atoms with Crippen LogP contribution in [-0.2, 0) is 0 Å². The van der Waals surface area contributed by atoms with Crippen molar-refractivity contribution < 1.29 is 0 Å². The van der Waals surface area contributed by atoms with Crippen molar-refractivity contribution in [2.75, 3.05) is 0 Å². The number of nitrogens with one attached hydrogen (secondary N) is 1. The lowest BCUT2D eigenvalue weighted by atomic mass is 10.2. The summed E-state index contributed by atoms with van der Waals surface area (Å²) in [6.45, 7) is 1.89. The molecule has 0 aliphatic rings. The Morgan fingerprint density at radius 2 is 2.29 bits per heavy atom. The van der Waals surface area contributed by atoms with E-state index in [1.54, 1.807) is 12.3 Å². The topological polar surface area (TPSA) is 45.8 Å². The van der Waals surface area contributed by atoms with Gasteiger partial charge in [0, 0.05) is 10.7 Å². The maximum Gasteiger partial charge on any atom is 0.204 e. The molecule has 0 aliphatic carbocycles. The van der Waals surface area contributed by atoms with Crippen molar-refractivity contribution in [1.82, 2.24) is 9.97 Å². The molecule has 3 nitrogen and oxygen atoms in total. The van der Waals surface area contributed by atoms with Gasteiger partial charge in [-0.25, -0.2) is 4.98 Å². The van der Waals surface area contributed by atoms with E-state index in [1.165, 1.54) is 0 Å². The Morgan fingerprint density at radius 1 is 1.57 bits per heavy atom. The summed E-state index contributed by atoms with van der Waals surface area (Å²) in [6, 6.07) is 1.80. The second-order valence-electron chi connectivity index (χ2n) is 2.92. The first-order valence-corrected chi connectivity index (χ1v) is 5.81. The molecule has 0 radical (unpaired) electrons. The molecule has 0 unspecified atom stereocenters. The Bertz CT molecular complexity index is 564. The van der Waals surface area contributed by atoms with Crippen LogP contribution in [0.1, 0.15) is 5.69 Å². The van der Waals surface area contributed by atoms with Crippen LogP contribution in [0.2, 0.25) is 0 Å². The SMILES string of the molecule is Cc1nc2[nH]cc(I)c(=O)c2cc1Br. The number of fused-ring (bicyclic) bond motifs is 1. The maximum absolute atomic E-state index is 11.7. The lowest BCUT2D eigenvalue weighted by Crippen LogP contribution is -2.07. The molecule has 0 aliphatic heterocycles. The van der Waals surface area contributed by atoms with Crippen LogP contribution in [0.3, 0.4) is 0 Å². The maximum atomic E-state index is 11.7. The van der Waals surface area contributed by atoms with Gasteiger partial charge in [0.1, 0.15) is 5.65 Å². The Kier molecular flexibility index (Phi) is 2.61. The number of aromatic amines is 1. The van der Waals surface area contributed by atoms with Crippen molar-refractivity contribution in [2.24, 2.45) is 0 Å². The fourth-order valence-corrected chi connectivity index (χ4v) is 1.95. The van der Waals surface area contributed by atoms with Gasteiger partial charge >= 0.3 is 0 Å². The Hall–Kier alpha value is -0.430. The molecule has 14 heavy (non-hydrogen) atoms. The Morgan fingerprint density at radius 3 is 3.00 bits per heavy atom. The lowest BCUT2D eigenvalue weighted by Gasteiger charge is -2.01. The van der Waals surface area contributed by atoms with Gasteiger partial charge in [-0.2, -0.15) is 0 Å². The summed E-state index contributed by atoms with van der Waals surface area (Å²) in [6.07, 6.45) is 1.67. The largest absolute Gasteiger partial charge is 0.345 e. The van der Waals surface area contributed by atoms with Crippen molar-refractivity contribution in [1.29, 1.82) is 0 Å². The number of aromatic nitrogens is 2. The van der Waals surface area contributed by atoms with Crippen molar-refractivity contribution >= 4 is 49.6 Å². The molecule has 0 fully saturated rings. The van der Waals surface area contributed by atoms with Gasteiger partial charge in [0.05, 0.1) is 14.7 Å². The quantitative estimate of drug-likeness (QED) is 0.730. The molecule has 0 saturated carbocycles. The number of pyridine rings is 2. The summed E-state index contributed by atoms with van der Waals surface area (Å²) < 4.78 is 1.53. The summed E-state index contributed by atoms with van der Waals surface area (Å²) in [5.41, 5.74) is 1.53. The van der Waals surface area contributed by atoms with Crippen LogP contribution in [0, 0.1) is 10.5 Å². The number of nitrogens with zero attached hydrogens (tertiary/aromatic N) is 1. The smallest absolute Gasteiger partial charge is 0.204 e. The summed E-state index contributed by atoms with van der Waals surface area (Å²) in [7, 11) is 0. The molecule has 0 bridgehead atoms. The van der Waals surface area contributed by atoms with Gasteiger partial charge < -0.3 is 4.98 Å². The summed E-state index contributed by atoms with van der Waals surface area (Å²) in [5.74, 6) is 0. The molecule has 2 aromatic heterocycles. The van der Waals surface area contributed by atoms with Crippen LogP contribution < -0.4 is 5.43 Å². The van der Waals surface area contributed by atoms with Gasteiger partial charge in [0.15, 0.2) is 0 Å². The van der Waals surface area contributed by atoms with E-state index >= 15 is 0 Å². The van der Waals surface area contributed by atoms with Gasteiger partial charge in [-0.05, 0) is 51.5 Å². The zero-order valence-electron chi connectivity index (χ0n) is 7.27. The van der Waals surface area contributed by atoms with E-state index in [2.05, 4.69) is 25.9 Å².